The number of benzene rings is 2. The molecule has 0 saturated carbocycles. The van der Waals surface area contributed by atoms with Crippen molar-refractivity contribution in [1.82, 2.24) is 9.97 Å². The number of fused-ring (bicyclic) bond motifs is 3. The van der Waals surface area contributed by atoms with Crippen molar-refractivity contribution in [2.24, 2.45) is 10.9 Å². The third-order valence-corrected chi connectivity index (χ3v) is 6.13. The van der Waals surface area contributed by atoms with E-state index in [1.54, 1.807) is 0 Å². The second kappa shape index (κ2) is 6.84. The minimum atomic E-state index is 0.408. The summed E-state index contributed by atoms with van der Waals surface area (Å²) in [6.07, 6.45) is 5.98. The molecular weight excluding hydrogens is 354 g/mol. The van der Waals surface area contributed by atoms with Crippen LogP contribution < -0.4 is 0 Å². The molecule has 2 heterocycles. The lowest BCUT2D eigenvalue weighted by atomic mass is 9.95. The van der Waals surface area contributed by atoms with Crippen LogP contribution in [0, 0.1) is 5.92 Å². The number of hydrogen-bond donors (Lipinski definition) is 1. The van der Waals surface area contributed by atoms with Gasteiger partial charge in [0, 0.05) is 24.3 Å². The van der Waals surface area contributed by atoms with Crippen LogP contribution in [0.25, 0.3) is 28.0 Å². The van der Waals surface area contributed by atoms with E-state index in [0.717, 1.165) is 24.4 Å². The predicted octanol–water partition coefficient (Wildman–Crippen LogP) is 6.61. The monoisotopic (exact) mass is 381 g/mol. The van der Waals surface area contributed by atoms with Crippen LogP contribution in [0.2, 0.25) is 0 Å². The zero-order valence-corrected chi connectivity index (χ0v) is 17.6. The van der Waals surface area contributed by atoms with Gasteiger partial charge in [0.2, 0.25) is 0 Å². The number of nitrogens with zero attached hydrogens (tertiary/aromatic N) is 2. The molecule has 146 valence electrons. The Morgan fingerprint density at radius 3 is 2.14 bits per heavy atom. The molecule has 2 aliphatic rings. The molecule has 2 aromatic carbocycles. The molecule has 0 bridgehead atoms. The van der Waals surface area contributed by atoms with E-state index in [1.807, 2.05) is 6.20 Å². The van der Waals surface area contributed by atoms with Crippen LogP contribution in [0.4, 0.5) is 0 Å². The molecule has 0 fully saturated rings. The van der Waals surface area contributed by atoms with Crippen LogP contribution in [0.15, 0.2) is 53.8 Å². The number of allylic oxidation sites excluding steroid dienone is 1. The van der Waals surface area contributed by atoms with E-state index < -0.39 is 0 Å². The molecule has 1 aliphatic carbocycles. The van der Waals surface area contributed by atoms with Crippen LogP contribution in [0.3, 0.4) is 0 Å². The molecule has 1 N–H and O–H groups in total. The van der Waals surface area contributed by atoms with Crippen molar-refractivity contribution < 1.29 is 0 Å². The molecule has 3 nitrogen and oxygen atoms in total. The Kier molecular flexibility index (Phi) is 4.27. The maximum Gasteiger partial charge on any atom is 0.109 e. The first-order valence-corrected chi connectivity index (χ1v) is 10.6. The first kappa shape index (κ1) is 18.1. The van der Waals surface area contributed by atoms with E-state index in [0.29, 0.717) is 11.8 Å². The number of aliphatic imine (C=N–C) groups is 1. The number of rotatable bonds is 4. The fraction of sp³-hybridized carbons (Fsp3) is 0.308. The topological polar surface area (TPSA) is 41.0 Å². The average molecular weight is 382 g/mol. The van der Waals surface area contributed by atoms with Gasteiger partial charge in [0.1, 0.15) is 5.82 Å². The van der Waals surface area contributed by atoms with Gasteiger partial charge in [0.15, 0.2) is 0 Å². The quantitative estimate of drug-likeness (QED) is 0.424. The summed E-state index contributed by atoms with van der Waals surface area (Å²) < 4.78 is 0. The van der Waals surface area contributed by atoms with Gasteiger partial charge in [0.25, 0.3) is 0 Å². The normalized spacial score (nSPS) is 15.0. The van der Waals surface area contributed by atoms with Crippen molar-refractivity contribution in [2.45, 2.75) is 46.5 Å². The lowest BCUT2D eigenvalue weighted by Gasteiger charge is -2.08. The van der Waals surface area contributed by atoms with Crippen molar-refractivity contribution in [1.29, 1.82) is 0 Å². The Hall–Kier alpha value is -2.94. The van der Waals surface area contributed by atoms with Crippen molar-refractivity contribution in [3.63, 3.8) is 0 Å². The first-order valence-electron chi connectivity index (χ1n) is 10.6. The standard InChI is InChI=1S/C26H27N3/c1-15(2)24-12-21(13-27-24)17-5-7-22-19(9-17)11-20-10-18(6-8-23(20)22)25-14-28-26(29-25)16(3)4/h5-10,13-16H,11-12H2,1-4H3,(H,28,29). The Balaban J connectivity index is 1.42. The Bertz CT molecular complexity index is 1160. The highest BCUT2D eigenvalue weighted by molar-refractivity contribution is 5.99. The van der Waals surface area contributed by atoms with Crippen molar-refractivity contribution in [3.8, 4) is 22.4 Å². The summed E-state index contributed by atoms with van der Waals surface area (Å²) >= 11 is 0. The van der Waals surface area contributed by atoms with E-state index in [4.69, 9.17) is 0 Å². The largest absolute Gasteiger partial charge is 0.342 e. The van der Waals surface area contributed by atoms with Gasteiger partial charge in [-0.3, -0.25) is 4.99 Å². The average Bonchev–Trinajstić information content (AvgIpc) is 3.43. The van der Waals surface area contributed by atoms with Gasteiger partial charge in [-0.15, -0.1) is 0 Å². The summed E-state index contributed by atoms with van der Waals surface area (Å²) in [5, 5.41) is 0. The van der Waals surface area contributed by atoms with E-state index in [-0.39, 0.29) is 0 Å². The van der Waals surface area contributed by atoms with Gasteiger partial charge < -0.3 is 4.98 Å². The second-order valence-corrected chi connectivity index (χ2v) is 8.86. The fourth-order valence-electron chi connectivity index (χ4n) is 4.33. The summed E-state index contributed by atoms with van der Waals surface area (Å²) in [5.74, 6) is 1.96. The van der Waals surface area contributed by atoms with Crippen LogP contribution in [-0.2, 0) is 6.42 Å². The fourth-order valence-corrected chi connectivity index (χ4v) is 4.33. The number of aromatic nitrogens is 2. The number of nitrogens with one attached hydrogen (secondary N) is 1. The molecule has 0 unspecified atom stereocenters. The molecule has 1 aliphatic heterocycles. The summed E-state index contributed by atoms with van der Waals surface area (Å²) in [5.41, 5.74) is 11.8. The smallest absolute Gasteiger partial charge is 0.109 e. The third kappa shape index (κ3) is 3.15. The van der Waals surface area contributed by atoms with E-state index >= 15 is 0 Å². The van der Waals surface area contributed by atoms with Gasteiger partial charge in [-0.25, -0.2) is 4.98 Å². The molecule has 0 saturated heterocycles. The highest BCUT2D eigenvalue weighted by Gasteiger charge is 2.22. The molecule has 0 radical (unpaired) electrons. The molecule has 1 aromatic heterocycles. The number of aromatic amines is 1. The van der Waals surface area contributed by atoms with E-state index in [9.17, 15) is 0 Å². The lowest BCUT2D eigenvalue weighted by molar-refractivity contribution is 0.795. The van der Waals surface area contributed by atoms with Gasteiger partial charge in [-0.1, -0.05) is 58.0 Å². The summed E-state index contributed by atoms with van der Waals surface area (Å²) in [6, 6.07) is 13.7. The Morgan fingerprint density at radius 1 is 0.828 bits per heavy atom. The van der Waals surface area contributed by atoms with Gasteiger partial charge in [0.05, 0.1) is 11.9 Å². The van der Waals surface area contributed by atoms with Crippen molar-refractivity contribution >= 4 is 11.3 Å². The highest BCUT2D eigenvalue weighted by atomic mass is 14.9. The summed E-state index contributed by atoms with van der Waals surface area (Å²) in [4.78, 5) is 12.6. The maximum atomic E-state index is 4.63. The second-order valence-electron chi connectivity index (χ2n) is 8.86. The molecule has 29 heavy (non-hydrogen) atoms. The van der Waals surface area contributed by atoms with Gasteiger partial charge in [-0.05, 0) is 57.4 Å². The zero-order chi connectivity index (χ0) is 20.1. The predicted molar refractivity (Wildman–Crippen MR) is 121 cm³/mol. The van der Waals surface area contributed by atoms with Crippen molar-refractivity contribution in [3.05, 3.63) is 71.3 Å². The van der Waals surface area contributed by atoms with Gasteiger partial charge in [-0.2, -0.15) is 0 Å². The molecule has 0 spiro atoms. The van der Waals surface area contributed by atoms with Crippen LogP contribution in [0.5, 0.6) is 0 Å². The van der Waals surface area contributed by atoms with E-state index in [2.05, 4.69) is 85.3 Å². The summed E-state index contributed by atoms with van der Waals surface area (Å²) in [6.45, 7) is 8.76. The minimum Gasteiger partial charge on any atom is -0.342 e. The molecule has 5 rings (SSSR count). The molecule has 0 amide bonds. The number of H-pyrrole nitrogens is 1. The lowest BCUT2D eigenvalue weighted by Crippen LogP contribution is -2.04. The van der Waals surface area contributed by atoms with Crippen LogP contribution >= 0.6 is 0 Å². The molecule has 0 atom stereocenters. The number of imidazole rings is 1. The zero-order valence-electron chi connectivity index (χ0n) is 17.6. The Labute approximate surface area is 172 Å². The van der Waals surface area contributed by atoms with Gasteiger partial charge >= 0.3 is 0 Å². The highest BCUT2D eigenvalue weighted by Crippen LogP contribution is 2.40. The maximum absolute atomic E-state index is 4.63. The SMILES string of the molecule is CC(C)C1=NC=C(c2ccc3c(c2)Cc2cc(-c4cnc(C(C)C)[nH]4)ccc2-3)C1. The summed E-state index contributed by atoms with van der Waals surface area (Å²) in [7, 11) is 0. The third-order valence-electron chi connectivity index (χ3n) is 6.13. The van der Waals surface area contributed by atoms with Crippen molar-refractivity contribution in [2.75, 3.05) is 0 Å². The minimum absolute atomic E-state index is 0.408. The first-order chi connectivity index (χ1) is 14.0. The molecule has 3 heteroatoms. The number of hydrogen-bond acceptors (Lipinski definition) is 2. The molecule has 3 aromatic rings. The van der Waals surface area contributed by atoms with Crippen LogP contribution in [-0.4, -0.2) is 15.7 Å². The van der Waals surface area contributed by atoms with E-state index in [1.165, 1.54) is 44.7 Å². The molecular formula is C26H27N3. The Morgan fingerprint density at radius 2 is 1.52 bits per heavy atom. The van der Waals surface area contributed by atoms with Crippen LogP contribution in [0.1, 0.15) is 62.5 Å².